The molecule has 1 fully saturated rings. The van der Waals surface area contributed by atoms with Gasteiger partial charge in [0.15, 0.2) is 0 Å². The molecule has 0 amide bonds. The molecule has 1 aliphatic carbocycles. The first-order valence-electron chi connectivity index (χ1n) is 15.8. The van der Waals surface area contributed by atoms with Gasteiger partial charge in [-0.3, -0.25) is 9.67 Å². The molecule has 3 aromatic heterocycles. The van der Waals surface area contributed by atoms with Crippen molar-refractivity contribution in [3.05, 3.63) is 95.1 Å². The maximum absolute atomic E-state index is 10.9. The minimum Gasteiger partial charge on any atom is -0.386 e. The highest BCUT2D eigenvalue weighted by molar-refractivity contribution is 5.94. The second-order valence-corrected chi connectivity index (χ2v) is 12.5. The van der Waals surface area contributed by atoms with Crippen molar-refractivity contribution >= 4 is 16.7 Å². The van der Waals surface area contributed by atoms with Gasteiger partial charge in [0.25, 0.3) is 0 Å². The van der Waals surface area contributed by atoms with Gasteiger partial charge in [-0.1, -0.05) is 56.3 Å². The number of aryl methyl sites for hydroxylation is 1. The zero-order valence-corrected chi connectivity index (χ0v) is 26.5. The van der Waals surface area contributed by atoms with Crippen LogP contribution in [-0.2, 0) is 6.54 Å². The molecule has 1 saturated carbocycles. The number of hydrogen-bond donors (Lipinski definition) is 4. The van der Waals surface area contributed by atoms with Crippen LogP contribution in [0.5, 0.6) is 0 Å². The second-order valence-electron chi connectivity index (χ2n) is 12.5. The molecule has 6 N–H and O–H groups in total. The molecule has 0 bridgehead atoms. The van der Waals surface area contributed by atoms with E-state index in [0.717, 1.165) is 76.2 Å². The predicted molar refractivity (Wildman–Crippen MR) is 179 cm³/mol. The number of aliphatic hydroxyl groups is 1. The molecule has 5 aromatic rings. The number of hydrazone groups is 1. The van der Waals surface area contributed by atoms with Gasteiger partial charge in [0.2, 0.25) is 0 Å². The van der Waals surface area contributed by atoms with Gasteiger partial charge in [0, 0.05) is 45.9 Å². The Kier molecular flexibility index (Phi) is 8.69. The number of nitrogens with two attached hydrogens (primary N) is 2. The molecule has 0 saturated heterocycles. The molecule has 45 heavy (non-hydrogen) atoms. The molecule has 0 aliphatic heterocycles. The number of amidine groups is 1. The number of nitrogens with one attached hydrogen (secondary N) is 1. The molecular formula is C35H43N9O. The highest BCUT2D eigenvalue weighted by Crippen LogP contribution is 2.38. The van der Waals surface area contributed by atoms with E-state index in [0.29, 0.717) is 18.3 Å². The SMILES string of the molecule is Cc1nc(C2CCC(/C(N)=N/NN)CC2)ccc1-n1nc(-c2cccc3nn(CC(O)c4ccccc4)cc23)c(C(C)C)c1C. The molecule has 6 rings (SSSR count). The van der Waals surface area contributed by atoms with E-state index in [2.05, 4.69) is 56.5 Å². The van der Waals surface area contributed by atoms with Gasteiger partial charge >= 0.3 is 0 Å². The van der Waals surface area contributed by atoms with E-state index < -0.39 is 6.10 Å². The highest BCUT2D eigenvalue weighted by Gasteiger charge is 2.27. The molecule has 0 radical (unpaired) electrons. The summed E-state index contributed by atoms with van der Waals surface area (Å²) in [6, 6.07) is 20.2. The summed E-state index contributed by atoms with van der Waals surface area (Å²) in [7, 11) is 0. The number of hydrazine groups is 1. The standard InChI is InChI=1S/C35H43N9O/c1-21(2)33-23(4)44(31-18-17-29(38-22(31)3)24-13-15-26(16-14-24)35(36)39-42-37)41-34(33)27-11-8-12-30-28(27)19-43(40-30)20-32(45)25-9-6-5-7-10-25/h5-12,17-19,21,24,26,32,42,45H,13-16,20,37H2,1-4H3,(H2,36,39). The lowest BCUT2D eigenvalue weighted by Crippen LogP contribution is -2.31. The smallest absolute Gasteiger partial charge is 0.124 e. The maximum atomic E-state index is 10.9. The summed E-state index contributed by atoms with van der Waals surface area (Å²) in [5.41, 5.74) is 17.5. The molecule has 0 spiro atoms. The van der Waals surface area contributed by atoms with Crippen LogP contribution in [0.1, 0.15) is 85.7 Å². The van der Waals surface area contributed by atoms with Crippen LogP contribution in [0.15, 0.2) is 72.0 Å². The number of benzene rings is 2. The summed E-state index contributed by atoms with van der Waals surface area (Å²) in [6.07, 6.45) is 5.34. The van der Waals surface area contributed by atoms with Crippen LogP contribution in [0, 0.1) is 19.8 Å². The quantitative estimate of drug-likeness (QED) is 0.0723. The maximum Gasteiger partial charge on any atom is 0.124 e. The Bertz CT molecular complexity index is 1810. The number of nitrogens with zero attached hydrogens (tertiary/aromatic N) is 6. The Hall–Kier alpha value is -4.54. The summed E-state index contributed by atoms with van der Waals surface area (Å²) >= 11 is 0. The topological polar surface area (TPSA) is 145 Å². The largest absolute Gasteiger partial charge is 0.386 e. The molecule has 10 heteroatoms. The number of fused-ring (bicyclic) bond motifs is 1. The first-order valence-corrected chi connectivity index (χ1v) is 15.8. The number of pyridine rings is 1. The summed E-state index contributed by atoms with van der Waals surface area (Å²) < 4.78 is 3.88. The Labute approximate surface area is 264 Å². The van der Waals surface area contributed by atoms with E-state index in [9.17, 15) is 5.11 Å². The van der Waals surface area contributed by atoms with E-state index in [1.807, 2.05) is 58.0 Å². The predicted octanol–water partition coefficient (Wildman–Crippen LogP) is 5.77. The second kappa shape index (κ2) is 12.8. The fraction of sp³-hybridized carbons (Fsp3) is 0.371. The minimum absolute atomic E-state index is 0.253. The van der Waals surface area contributed by atoms with Gasteiger partial charge in [-0.2, -0.15) is 15.3 Å². The molecular weight excluding hydrogens is 562 g/mol. The van der Waals surface area contributed by atoms with Gasteiger partial charge in [0.05, 0.1) is 35.2 Å². The number of rotatable bonds is 9. The monoisotopic (exact) mass is 605 g/mol. The van der Waals surface area contributed by atoms with Crippen molar-refractivity contribution in [3.8, 4) is 16.9 Å². The van der Waals surface area contributed by atoms with Crippen LogP contribution in [0.4, 0.5) is 0 Å². The minimum atomic E-state index is -0.648. The van der Waals surface area contributed by atoms with Crippen LogP contribution in [0.2, 0.25) is 0 Å². The number of aromatic nitrogens is 5. The van der Waals surface area contributed by atoms with Crippen molar-refractivity contribution in [2.45, 2.75) is 77.9 Å². The Balaban J connectivity index is 1.31. The van der Waals surface area contributed by atoms with Crippen molar-refractivity contribution in [2.75, 3.05) is 0 Å². The van der Waals surface area contributed by atoms with Crippen LogP contribution < -0.4 is 17.1 Å². The summed E-state index contributed by atoms with van der Waals surface area (Å²) in [4.78, 5) is 5.09. The Morgan fingerprint density at radius 1 is 1.00 bits per heavy atom. The first-order chi connectivity index (χ1) is 21.7. The van der Waals surface area contributed by atoms with E-state index in [-0.39, 0.29) is 11.8 Å². The average molecular weight is 606 g/mol. The third-order valence-electron chi connectivity index (χ3n) is 9.20. The van der Waals surface area contributed by atoms with E-state index in [1.165, 1.54) is 5.56 Å². The van der Waals surface area contributed by atoms with Crippen LogP contribution in [0.25, 0.3) is 27.8 Å². The molecule has 234 valence electrons. The van der Waals surface area contributed by atoms with Gasteiger partial charge in [-0.05, 0) is 69.2 Å². The molecule has 10 nitrogen and oxygen atoms in total. The fourth-order valence-corrected chi connectivity index (χ4v) is 6.86. The summed E-state index contributed by atoms with van der Waals surface area (Å²) in [6.45, 7) is 9.00. The van der Waals surface area contributed by atoms with Crippen molar-refractivity contribution in [1.29, 1.82) is 0 Å². The lowest BCUT2D eigenvalue weighted by Gasteiger charge is -2.28. The van der Waals surface area contributed by atoms with Crippen LogP contribution >= 0.6 is 0 Å². The van der Waals surface area contributed by atoms with Crippen molar-refractivity contribution in [3.63, 3.8) is 0 Å². The van der Waals surface area contributed by atoms with Gasteiger partial charge in [-0.15, -0.1) is 0 Å². The van der Waals surface area contributed by atoms with Crippen molar-refractivity contribution < 1.29 is 5.11 Å². The van der Waals surface area contributed by atoms with Crippen molar-refractivity contribution in [2.24, 2.45) is 22.6 Å². The molecule has 2 aromatic carbocycles. The highest BCUT2D eigenvalue weighted by atomic mass is 16.3. The first kappa shape index (κ1) is 30.5. The van der Waals surface area contributed by atoms with Crippen LogP contribution in [0.3, 0.4) is 0 Å². The molecule has 1 aliphatic rings. The molecule has 1 atom stereocenters. The zero-order chi connectivity index (χ0) is 31.7. The van der Waals surface area contributed by atoms with Gasteiger partial charge < -0.3 is 10.8 Å². The Morgan fingerprint density at radius 2 is 1.76 bits per heavy atom. The average Bonchev–Trinajstić information content (AvgIpc) is 3.61. The van der Waals surface area contributed by atoms with E-state index >= 15 is 0 Å². The lowest BCUT2D eigenvalue weighted by atomic mass is 9.80. The zero-order valence-electron chi connectivity index (χ0n) is 26.5. The Morgan fingerprint density at radius 3 is 2.44 bits per heavy atom. The van der Waals surface area contributed by atoms with E-state index in [4.69, 9.17) is 26.8 Å². The number of hydrogen-bond acceptors (Lipinski definition) is 7. The number of aliphatic hydroxyl groups excluding tert-OH is 1. The molecule has 1 unspecified atom stereocenters. The fourth-order valence-electron chi connectivity index (χ4n) is 6.86. The third-order valence-corrected chi connectivity index (χ3v) is 9.20. The van der Waals surface area contributed by atoms with E-state index in [1.54, 1.807) is 0 Å². The van der Waals surface area contributed by atoms with Gasteiger partial charge in [0.1, 0.15) is 5.84 Å². The summed E-state index contributed by atoms with van der Waals surface area (Å²) in [5.74, 6) is 6.80. The lowest BCUT2D eigenvalue weighted by molar-refractivity contribution is 0.152. The van der Waals surface area contributed by atoms with Gasteiger partial charge in [-0.25, -0.2) is 16.1 Å². The molecule has 3 heterocycles. The third kappa shape index (κ3) is 6.08. The summed E-state index contributed by atoms with van der Waals surface area (Å²) in [5, 5.41) is 25.9. The van der Waals surface area contributed by atoms with Crippen LogP contribution in [-0.4, -0.2) is 35.5 Å². The van der Waals surface area contributed by atoms with Crippen molar-refractivity contribution in [1.82, 2.24) is 30.1 Å². The normalized spacial score (nSPS) is 18.1.